The third-order valence-electron chi connectivity index (χ3n) is 6.65. The van der Waals surface area contributed by atoms with Gasteiger partial charge in [-0.05, 0) is 99.2 Å². The molecule has 21 heavy (non-hydrogen) atoms. The van der Waals surface area contributed by atoms with Crippen molar-refractivity contribution in [3.8, 4) is 0 Å². The van der Waals surface area contributed by atoms with E-state index in [1.165, 1.54) is 54.4 Å². The third-order valence-corrected chi connectivity index (χ3v) is 7.16. The van der Waals surface area contributed by atoms with E-state index < -0.39 is 0 Å². The van der Waals surface area contributed by atoms with Crippen LogP contribution in [0.25, 0.3) is 0 Å². The highest BCUT2D eigenvalue weighted by Crippen LogP contribution is 2.60. The van der Waals surface area contributed by atoms with Crippen molar-refractivity contribution in [2.75, 3.05) is 0 Å². The van der Waals surface area contributed by atoms with Crippen molar-refractivity contribution in [3.05, 3.63) is 34.4 Å². The molecule has 0 N–H and O–H groups in total. The summed E-state index contributed by atoms with van der Waals surface area (Å²) in [6.07, 6.45) is 7.38. The molecule has 4 aliphatic rings. The van der Waals surface area contributed by atoms with Gasteiger partial charge in [0, 0.05) is 0 Å². The highest BCUT2D eigenvalue weighted by atomic mass is 35.5. The van der Waals surface area contributed by atoms with Gasteiger partial charge in [-0.2, -0.15) is 0 Å². The van der Waals surface area contributed by atoms with Gasteiger partial charge in [-0.25, -0.2) is 0 Å². The average molecular weight is 303 g/mol. The first-order valence-electron chi connectivity index (χ1n) is 8.74. The molecular weight excluding hydrogens is 276 g/mol. The fraction of sp³-hybridized carbons (Fsp3) is 0.700. The van der Waals surface area contributed by atoms with Gasteiger partial charge >= 0.3 is 0 Å². The molecule has 1 atom stereocenters. The van der Waals surface area contributed by atoms with Gasteiger partial charge in [0.05, 0.1) is 5.38 Å². The van der Waals surface area contributed by atoms with E-state index >= 15 is 0 Å². The molecule has 0 nitrogen and oxygen atoms in total. The van der Waals surface area contributed by atoms with Gasteiger partial charge in [0.15, 0.2) is 0 Å². The zero-order chi connectivity index (χ0) is 14.7. The Balaban J connectivity index is 1.68. The SMILES string of the molecule is Cc1cc(C)c(C(Cl)C2C3CC4CC(C3)CC2C4)c(C)c1. The van der Waals surface area contributed by atoms with E-state index in [-0.39, 0.29) is 5.38 Å². The van der Waals surface area contributed by atoms with Crippen LogP contribution in [-0.4, -0.2) is 0 Å². The predicted octanol–water partition coefficient (Wildman–Crippen LogP) is 5.96. The number of benzene rings is 1. The Morgan fingerprint density at radius 1 is 0.857 bits per heavy atom. The number of alkyl halides is 1. The maximum atomic E-state index is 7.11. The molecule has 0 amide bonds. The fourth-order valence-electron chi connectivity index (χ4n) is 6.26. The van der Waals surface area contributed by atoms with Crippen molar-refractivity contribution in [1.82, 2.24) is 0 Å². The van der Waals surface area contributed by atoms with E-state index in [1.54, 1.807) is 0 Å². The van der Waals surface area contributed by atoms with Gasteiger partial charge < -0.3 is 0 Å². The molecule has 4 aliphatic carbocycles. The van der Waals surface area contributed by atoms with Crippen molar-refractivity contribution in [2.24, 2.45) is 29.6 Å². The molecule has 0 saturated heterocycles. The molecule has 1 unspecified atom stereocenters. The lowest BCUT2D eigenvalue weighted by atomic mass is 9.51. The van der Waals surface area contributed by atoms with Crippen LogP contribution >= 0.6 is 11.6 Å². The molecule has 4 saturated carbocycles. The van der Waals surface area contributed by atoms with E-state index in [1.807, 2.05) is 0 Å². The second-order valence-corrected chi connectivity index (χ2v) is 8.69. The molecule has 0 heterocycles. The molecule has 1 aromatic rings. The first-order valence-corrected chi connectivity index (χ1v) is 9.18. The highest BCUT2D eigenvalue weighted by molar-refractivity contribution is 6.21. The van der Waals surface area contributed by atoms with Gasteiger partial charge in [0.25, 0.3) is 0 Å². The summed E-state index contributed by atoms with van der Waals surface area (Å²) in [6, 6.07) is 4.63. The Kier molecular flexibility index (Phi) is 3.37. The van der Waals surface area contributed by atoms with Crippen molar-refractivity contribution in [1.29, 1.82) is 0 Å². The predicted molar refractivity (Wildman–Crippen MR) is 89.8 cm³/mol. The lowest BCUT2D eigenvalue weighted by Crippen LogP contribution is -2.46. The molecule has 1 heteroatoms. The third kappa shape index (κ3) is 2.25. The second-order valence-electron chi connectivity index (χ2n) is 8.22. The zero-order valence-electron chi connectivity index (χ0n) is 13.5. The Bertz CT molecular complexity index is 508. The van der Waals surface area contributed by atoms with Crippen LogP contribution in [0, 0.1) is 50.4 Å². The van der Waals surface area contributed by atoms with Crippen LogP contribution in [0.2, 0.25) is 0 Å². The minimum atomic E-state index is 0.237. The summed E-state index contributed by atoms with van der Waals surface area (Å²) in [4.78, 5) is 0. The Labute approximate surface area is 134 Å². The summed E-state index contributed by atoms with van der Waals surface area (Å²) >= 11 is 7.11. The Morgan fingerprint density at radius 2 is 1.33 bits per heavy atom. The Morgan fingerprint density at radius 3 is 1.81 bits per heavy atom. The van der Waals surface area contributed by atoms with Gasteiger partial charge in [0.2, 0.25) is 0 Å². The summed E-state index contributed by atoms with van der Waals surface area (Å²) in [6.45, 7) is 6.69. The molecule has 0 aromatic heterocycles. The molecule has 4 bridgehead atoms. The number of hydrogen-bond acceptors (Lipinski definition) is 0. The first kappa shape index (κ1) is 14.1. The minimum absolute atomic E-state index is 0.237. The van der Waals surface area contributed by atoms with E-state index in [0.29, 0.717) is 0 Å². The van der Waals surface area contributed by atoms with Crippen LogP contribution < -0.4 is 0 Å². The first-order chi connectivity index (χ1) is 10.0. The van der Waals surface area contributed by atoms with Crippen LogP contribution in [0.1, 0.15) is 59.7 Å². The molecule has 4 fully saturated rings. The minimum Gasteiger partial charge on any atom is -0.117 e. The zero-order valence-corrected chi connectivity index (χ0v) is 14.3. The van der Waals surface area contributed by atoms with Gasteiger partial charge in [0.1, 0.15) is 0 Å². The molecule has 5 rings (SSSR count). The van der Waals surface area contributed by atoms with Crippen LogP contribution in [0.3, 0.4) is 0 Å². The summed E-state index contributed by atoms with van der Waals surface area (Å²) in [5.41, 5.74) is 5.62. The van der Waals surface area contributed by atoms with E-state index in [9.17, 15) is 0 Å². The molecule has 0 radical (unpaired) electrons. The summed E-state index contributed by atoms with van der Waals surface area (Å²) in [5.74, 6) is 4.62. The Hall–Kier alpha value is -0.490. The largest absolute Gasteiger partial charge is 0.117 e. The van der Waals surface area contributed by atoms with Crippen molar-refractivity contribution < 1.29 is 0 Å². The van der Waals surface area contributed by atoms with Crippen LogP contribution in [0.4, 0.5) is 0 Å². The van der Waals surface area contributed by atoms with E-state index in [4.69, 9.17) is 11.6 Å². The lowest BCUT2D eigenvalue weighted by molar-refractivity contribution is -0.0382. The van der Waals surface area contributed by atoms with Gasteiger partial charge in [-0.1, -0.05) is 17.7 Å². The van der Waals surface area contributed by atoms with E-state index in [0.717, 1.165) is 29.6 Å². The monoisotopic (exact) mass is 302 g/mol. The number of hydrogen-bond donors (Lipinski definition) is 0. The van der Waals surface area contributed by atoms with E-state index in [2.05, 4.69) is 32.9 Å². The van der Waals surface area contributed by atoms with Crippen LogP contribution in [0.15, 0.2) is 12.1 Å². The van der Waals surface area contributed by atoms with Gasteiger partial charge in [-0.15, -0.1) is 11.6 Å². The fourth-order valence-corrected chi connectivity index (χ4v) is 7.02. The average Bonchev–Trinajstić information content (AvgIpc) is 2.35. The highest BCUT2D eigenvalue weighted by Gasteiger charge is 2.50. The van der Waals surface area contributed by atoms with Gasteiger partial charge in [-0.3, -0.25) is 0 Å². The topological polar surface area (TPSA) is 0 Å². The number of halogens is 1. The molecule has 0 spiro atoms. The number of aryl methyl sites for hydroxylation is 3. The second kappa shape index (κ2) is 5.01. The maximum absolute atomic E-state index is 7.11. The maximum Gasteiger partial charge on any atom is 0.0623 e. The van der Waals surface area contributed by atoms with Crippen molar-refractivity contribution in [2.45, 2.75) is 58.3 Å². The van der Waals surface area contributed by atoms with Crippen molar-refractivity contribution in [3.63, 3.8) is 0 Å². The normalized spacial score (nSPS) is 38.8. The summed E-state index contributed by atoms with van der Waals surface area (Å²) in [5, 5.41) is 0.237. The summed E-state index contributed by atoms with van der Waals surface area (Å²) < 4.78 is 0. The molecular formula is C20H27Cl. The van der Waals surface area contributed by atoms with Crippen molar-refractivity contribution >= 4 is 11.6 Å². The van der Waals surface area contributed by atoms with Crippen LogP contribution in [-0.2, 0) is 0 Å². The van der Waals surface area contributed by atoms with Crippen LogP contribution in [0.5, 0.6) is 0 Å². The quantitative estimate of drug-likeness (QED) is 0.591. The molecule has 1 aromatic carbocycles. The number of rotatable bonds is 2. The lowest BCUT2D eigenvalue weighted by Gasteiger charge is -2.55. The molecule has 114 valence electrons. The molecule has 0 aliphatic heterocycles. The standard InChI is InChI=1S/C20H27Cl/c1-11-4-12(2)18(13(3)5-11)20(21)19-16-7-14-6-15(9-16)10-17(19)8-14/h4-5,14-17,19-20H,6-10H2,1-3H3. The summed E-state index contributed by atoms with van der Waals surface area (Å²) in [7, 11) is 0. The smallest absolute Gasteiger partial charge is 0.0623 e.